The van der Waals surface area contributed by atoms with Crippen LogP contribution in [0.15, 0.2) is 42.9 Å². The maximum absolute atomic E-state index is 13.0. The van der Waals surface area contributed by atoms with E-state index in [-0.39, 0.29) is 5.78 Å². The number of aromatic nitrogens is 5. The summed E-state index contributed by atoms with van der Waals surface area (Å²) in [6.45, 7) is 8.81. The van der Waals surface area contributed by atoms with Crippen molar-refractivity contribution in [3.63, 3.8) is 0 Å². The Hall–Kier alpha value is -3.60. The van der Waals surface area contributed by atoms with Gasteiger partial charge < -0.3 is 20.1 Å². The molecule has 2 unspecified atom stereocenters. The van der Waals surface area contributed by atoms with Crippen LogP contribution in [-0.2, 0) is 13.6 Å². The molecule has 3 aromatic heterocycles. The lowest BCUT2D eigenvalue weighted by Gasteiger charge is -2.20. The monoisotopic (exact) mass is 503 g/mol. The number of aliphatic hydroxyl groups is 2. The minimum Gasteiger partial charge on any atom is -0.389 e. The normalized spacial score (nSPS) is 18.6. The van der Waals surface area contributed by atoms with Gasteiger partial charge in [0.05, 0.1) is 11.8 Å². The van der Waals surface area contributed by atoms with Gasteiger partial charge in [0.1, 0.15) is 6.23 Å². The van der Waals surface area contributed by atoms with E-state index in [4.69, 9.17) is 0 Å². The van der Waals surface area contributed by atoms with E-state index in [2.05, 4.69) is 20.4 Å². The van der Waals surface area contributed by atoms with E-state index in [0.29, 0.717) is 36.8 Å². The SMILES string of the molecule is Cc1nn(-c2ccnc(Nc3ccc4c(c3)c(C(=O)C(C)(C)C)cn4C)n2)cc1CN1CCC(O)C1O. The molecule has 194 valence electrons. The van der Waals surface area contributed by atoms with Gasteiger partial charge >= 0.3 is 0 Å². The molecule has 1 fully saturated rings. The van der Waals surface area contributed by atoms with Crippen molar-refractivity contribution in [2.45, 2.75) is 53.0 Å². The largest absolute Gasteiger partial charge is 0.389 e. The highest BCUT2D eigenvalue weighted by Gasteiger charge is 2.31. The Morgan fingerprint density at radius 2 is 1.97 bits per heavy atom. The number of Topliss-reactive ketones (excluding diaryl/α,β-unsaturated/α-hetero) is 1. The Balaban J connectivity index is 1.39. The van der Waals surface area contributed by atoms with E-state index in [9.17, 15) is 15.0 Å². The number of hydrogen-bond acceptors (Lipinski definition) is 8. The fourth-order valence-corrected chi connectivity index (χ4v) is 4.70. The summed E-state index contributed by atoms with van der Waals surface area (Å²) in [5.41, 5.74) is 3.74. The molecule has 0 bridgehead atoms. The molecule has 0 saturated carbocycles. The third-order valence-corrected chi connectivity index (χ3v) is 6.85. The topological polar surface area (TPSA) is 121 Å². The molecule has 5 rings (SSSR count). The number of anilines is 2. The van der Waals surface area contributed by atoms with Gasteiger partial charge in [-0.05, 0) is 31.5 Å². The second-order valence-electron chi connectivity index (χ2n) is 10.8. The van der Waals surface area contributed by atoms with Gasteiger partial charge in [-0.2, -0.15) is 10.1 Å². The Morgan fingerprint density at radius 1 is 1.19 bits per heavy atom. The van der Waals surface area contributed by atoms with Crippen LogP contribution in [0, 0.1) is 12.3 Å². The van der Waals surface area contributed by atoms with Gasteiger partial charge in [-0.25, -0.2) is 9.67 Å². The zero-order valence-electron chi connectivity index (χ0n) is 21.8. The molecule has 0 amide bonds. The van der Waals surface area contributed by atoms with Crippen LogP contribution in [0.1, 0.15) is 48.8 Å². The van der Waals surface area contributed by atoms with Crippen molar-refractivity contribution in [3.05, 3.63) is 59.7 Å². The minimum absolute atomic E-state index is 0.0920. The number of carbonyl (C=O) groups excluding carboxylic acids is 1. The molecule has 1 aromatic carbocycles. The summed E-state index contributed by atoms with van der Waals surface area (Å²) in [7, 11) is 1.94. The molecule has 37 heavy (non-hydrogen) atoms. The van der Waals surface area contributed by atoms with Crippen molar-refractivity contribution in [1.29, 1.82) is 0 Å². The first-order valence-electron chi connectivity index (χ1n) is 12.4. The minimum atomic E-state index is -0.862. The van der Waals surface area contributed by atoms with Gasteiger partial charge in [0.15, 0.2) is 11.6 Å². The number of fused-ring (bicyclic) bond motifs is 1. The van der Waals surface area contributed by atoms with Crippen molar-refractivity contribution in [2.24, 2.45) is 12.5 Å². The molecule has 2 atom stereocenters. The maximum Gasteiger partial charge on any atom is 0.229 e. The lowest BCUT2D eigenvalue weighted by atomic mass is 9.86. The number of nitrogens with zero attached hydrogens (tertiary/aromatic N) is 6. The fourth-order valence-electron chi connectivity index (χ4n) is 4.70. The molecule has 10 nitrogen and oxygen atoms in total. The standard InChI is InChI=1S/C27H33N7O3/c1-16-17(13-33-11-9-22(35)25(33)37)14-34(31-16)23-8-10-28-26(30-23)29-18-6-7-21-19(12-18)20(15-32(21)5)24(36)27(2,3)4/h6-8,10,12,14-15,22,25,35,37H,9,11,13H2,1-5H3,(H,28,29,30). The molecule has 1 aliphatic rings. The second kappa shape index (κ2) is 9.37. The van der Waals surface area contributed by atoms with Gasteiger partial charge in [-0.3, -0.25) is 9.69 Å². The lowest BCUT2D eigenvalue weighted by Crippen LogP contribution is -2.34. The summed E-state index contributed by atoms with van der Waals surface area (Å²) < 4.78 is 3.66. The van der Waals surface area contributed by atoms with E-state index < -0.39 is 17.7 Å². The van der Waals surface area contributed by atoms with E-state index in [1.165, 1.54) is 0 Å². The van der Waals surface area contributed by atoms with Crippen LogP contribution in [0.5, 0.6) is 0 Å². The summed E-state index contributed by atoms with van der Waals surface area (Å²) in [4.78, 5) is 23.9. The quantitative estimate of drug-likeness (QED) is 0.343. The van der Waals surface area contributed by atoms with Crippen LogP contribution in [0.2, 0.25) is 0 Å². The first-order valence-corrected chi connectivity index (χ1v) is 12.4. The number of ketones is 1. The highest BCUT2D eigenvalue weighted by molar-refractivity contribution is 6.11. The molecule has 0 aliphatic carbocycles. The van der Waals surface area contributed by atoms with Crippen LogP contribution in [0.3, 0.4) is 0 Å². The van der Waals surface area contributed by atoms with Crippen molar-refractivity contribution in [1.82, 2.24) is 29.2 Å². The number of aryl methyl sites for hydroxylation is 2. The summed E-state index contributed by atoms with van der Waals surface area (Å²) in [6.07, 6.45) is 4.41. The highest BCUT2D eigenvalue weighted by Crippen LogP contribution is 2.30. The van der Waals surface area contributed by atoms with E-state index in [1.54, 1.807) is 16.9 Å². The summed E-state index contributed by atoms with van der Waals surface area (Å²) in [5.74, 6) is 1.09. The first kappa shape index (κ1) is 25.1. The van der Waals surface area contributed by atoms with Gasteiger partial charge in [0.2, 0.25) is 5.95 Å². The van der Waals surface area contributed by atoms with Crippen LogP contribution in [-0.4, -0.2) is 64.1 Å². The van der Waals surface area contributed by atoms with Crippen molar-refractivity contribution in [3.8, 4) is 5.82 Å². The predicted octanol–water partition coefficient (Wildman–Crippen LogP) is 3.32. The number of likely N-dealkylation sites (tertiary alicyclic amines) is 1. The van der Waals surface area contributed by atoms with Gasteiger partial charge in [0, 0.05) is 77.9 Å². The molecule has 1 aliphatic heterocycles. The number of hydrogen-bond donors (Lipinski definition) is 3. The average Bonchev–Trinajstić information content (AvgIpc) is 3.49. The van der Waals surface area contributed by atoms with Gasteiger partial charge in [-0.1, -0.05) is 20.8 Å². The van der Waals surface area contributed by atoms with Crippen molar-refractivity contribution >= 4 is 28.3 Å². The Kier molecular flexibility index (Phi) is 6.35. The summed E-state index contributed by atoms with van der Waals surface area (Å²) in [6, 6.07) is 7.65. The van der Waals surface area contributed by atoms with Crippen LogP contribution < -0.4 is 5.32 Å². The molecule has 10 heteroatoms. The molecule has 1 saturated heterocycles. The third-order valence-electron chi connectivity index (χ3n) is 6.85. The average molecular weight is 504 g/mol. The van der Waals surface area contributed by atoms with E-state index in [1.807, 2.05) is 74.8 Å². The zero-order valence-corrected chi connectivity index (χ0v) is 21.8. The molecule has 3 N–H and O–H groups in total. The number of carbonyl (C=O) groups is 1. The van der Waals surface area contributed by atoms with Crippen molar-refractivity contribution in [2.75, 3.05) is 11.9 Å². The first-order chi connectivity index (χ1) is 17.5. The molecule has 4 heterocycles. The lowest BCUT2D eigenvalue weighted by molar-refractivity contribution is -0.0390. The van der Waals surface area contributed by atoms with E-state index in [0.717, 1.165) is 27.8 Å². The van der Waals surface area contributed by atoms with Crippen LogP contribution in [0.4, 0.5) is 11.6 Å². The Labute approximate surface area is 215 Å². The van der Waals surface area contributed by atoms with E-state index >= 15 is 0 Å². The molecular weight excluding hydrogens is 470 g/mol. The third kappa shape index (κ3) is 4.87. The van der Waals surface area contributed by atoms with Gasteiger partial charge in [0.25, 0.3) is 0 Å². The second-order valence-corrected chi connectivity index (χ2v) is 10.8. The van der Waals surface area contributed by atoms with Crippen LogP contribution >= 0.6 is 0 Å². The Morgan fingerprint density at radius 3 is 2.68 bits per heavy atom. The molecule has 0 spiro atoms. The smallest absolute Gasteiger partial charge is 0.229 e. The predicted molar refractivity (Wildman–Crippen MR) is 141 cm³/mol. The molecular formula is C27H33N7O3. The number of benzene rings is 1. The van der Waals surface area contributed by atoms with Gasteiger partial charge in [-0.15, -0.1) is 0 Å². The molecule has 4 aromatic rings. The zero-order chi connectivity index (χ0) is 26.5. The number of aliphatic hydroxyl groups excluding tert-OH is 2. The summed E-state index contributed by atoms with van der Waals surface area (Å²) in [5, 5.41) is 28.7. The number of rotatable bonds is 6. The maximum atomic E-state index is 13.0. The fraction of sp³-hybridized carbons (Fsp3) is 0.407. The molecule has 0 radical (unpaired) electrons. The van der Waals surface area contributed by atoms with Crippen LogP contribution in [0.25, 0.3) is 16.7 Å². The number of nitrogens with one attached hydrogen (secondary N) is 1. The Bertz CT molecular complexity index is 1470. The summed E-state index contributed by atoms with van der Waals surface area (Å²) >= 11 is 0. The van der Waals surface area contributed by atoms with Crippen molar-refractivity contribution < 1.29 is 15.0 Å². The highest BCUT2D eigenvalue weighted by atomic mass is 16.3.